The van der Waals surface area contributed by atoms with Crippen molar-refractivity contribution >= 4 is 35.2 Å². The number of hydrogen-bond acceptors (Lipinski definition) is 7. The van der Waals surface area contributed by atoms with E-state index >= 15 is 0 Å². The maximum absolute atomic E-state index is 12.2. The topological polar surface area (TPSA) is 120 Å². The molecule has 0 unspecified atom stereocenters. The van der Waals surface area contributed by atoms with Gasteiger partial charge in [0.1, 0.15) is 23.6 Å². The van der Waals surface area contributed by atoms with Crippen LogP contribution in [0.4, 0.5) is 11.4 Å². The predicted molar refractivity (Wildman–Crippen MR) is 102 cm³/mol. The molecule has 0 bridgehead atoms. The van der Waals surface area contributed by atoms with Crippen LogP contribution >= 0.6 is 11.6 Å². The largest absolute Gasteiger partial charge is 0.495 e. The van der Waals surface area contributed by atoms with Crippen molar-refractivity contribution in [2.75, 3.05) is 31.2 Å². The number of halogens is 1. The summed E-state index contributed by atoms with van der Waals surface area (Å²) in [5.41, 5.74) is 7.85. The molecule has 0 aliphatic carbocycles. The minimum absolute atomic E-state index is 0.265. The Morgan fingerprint density at radius 1 is 1.26 bits per heavy atom. The molecule has 2 aromatic carbocycles. The molecule has 0 saturated carbocycles. The lowest BCUT2D eigenvalue weighted by atomic mass is 10.2. The van der Waals surface area contributed by atoms with Gasteiger partial charge in [0, 0.05) is 12.1 Å². The molecule has 0 radical (unpaired) electrons. The molecule has 2 rings (SSSR count). The molecule has 0 aromatic heterocycles. The van der Waals surface area contributed by atoms with E-state index in [1.165, 1.54) is 20.3 Å². The van der Waals surface area contributed by atoms with Crippen molar-refractivity contribution in [2.24, 2.45) is 5.22 Å². The van der Waals surface area contributed by atoms with E-state index in [9.17, 15) is 4.79 Å². The molecule has 142 valence electrons. The fourth-order valence-corrected chi connectivity index (χ4v) is 2.41. The monoisotopic (exact) mass is 391 g/mol. The molecule has 0 heterocycles. The maximum atomic E-state index is 12.2. The third-order valence-electron chi connectivity index (χ3n) is 3.43. The smallest absolute Gasteiger partial charge is 0.262 e. The fraction of sp³-hybridized carbons (Fsp3) is 0.176. The van der Waals surface area contributed by atoms with Crippen molar-refractivity contribution in [3.05, 3.63) is 41.4 Å². The Morgan fingerprint density at radius 3 is 2.63 bits per heavy atom. The molecule has 2 aromatic rings. The van der Waals surface area contributed by atoms with Gasteiger partial charge >= 0.3 is 0 Å². The second-order valence-electron chi connectivity index (χ2n) is 5.09. The number of nitrogens with one attached hydrogen (secondary N) is 3. The number of methoxy groups -OCH3 is 2. The van der Waals surface area contributed by atoms with Gasteiger partial charge in [0.15, 0.2) is 6.61 Å². The van der Waals surface area contributed by atoms with Crippen LogP contribution in [0.3, 0.4) is 0 Å². The van der Waals surface area contributed by atoms with E-state index in [2.05, 4.69) is 10.5 Å². The molecule has 0 atom stereocenters. The molecular formula is C17H18ClN5O4. The molecule has 0 saturated heterocycles. The van der Waals surface area contributed by atoms with Gasteiger partial charge in [-0.05, 0) is 18.2 Å². The first kappa shape index (κ1) is 20.0. The lowest BCUT2D eigenvalue weighted by molar-refractivity contribution is -0.118. The standard InChI is InChI=1S/C17H18ClN5O4/c1-25-15-8-16(26-2)14(7-13(15)18)21-17(24)9-27-12-5-3-4-11(6-12)23(10-19)22-20/h3-8,10,19-20H,9H2,1-2H3,(H,21,24). The zero-order valence-electron chi connectivity index (χ0n) is 14.7. The molecule has 27 heavy (non-hydrogen) atoms. The molecule has 0 fully saturated rings. The molecule has 1 amide bonds. The van der Waals surface area contributed by atoms with Crippen molar-refractivity contribution in [1.29, 1.82) is 10.9 Å². The summed E-state index contributed by atoms with van der Waals surface area (Å²) in [4.78, 5) is 12.2. The van der Waals surface area contributed by atoms with Gasteiger partial charge in [-0.2, -0.15) is 5.53 Å². The lowest BCUT2D eigenvalue weighted by Gasteiger charge is -2.14. The first-order valence-electron chi connectivity index (χ1n) is 7.63. The number of ether oxygens (including phenoxy) is 3. The predicted octanol–water partition coefficient (Wildman–Crippen LogP) is 3.73. The highest BCUT2D eigenvalue weighted by Gasteiger charge is 2.13. The summed E-state index contributed by atoms with van der Waals surface area (Å²) in [5.74, 6) is 0.785. The van der Waals surface area contributed by atoms with Crippen LogP contribution in [0.5, 0.6) is 17.2 Å². The lowest BCUT2D eigenvalue weighted by Crippen LogP contribution is -2.20. The minimum atomic E-state index is -0.422. The normalized spacial score (nSPS) is 9.89. The quantitative estimate of drug-likeness (QED) is 0.260. The molecule has 0 spiro atoms. The van der Waals surface area contributed by atoms with E-state index in [-0.39, 0.29) is 6.61 Å². The second-order valence-corrected chi connectivity index (χ2v) is 5.50. The highest BCUT2D eigenvalue weighted by Crippen LogP contribution is 2.35. The van der Waals surface area contributed by atoms with Crippen molar-refractivity contribution in [3.8, 4) is 17.2 Å². The van der Waals surface area contributed by atoms with Gasteiger partial charge in [0.2, 0.25) is 0 Å². The van der Waals surface area contributed by atoms with Gasteiger partial charge in [-0.25, -0.2) is 5.01 Å². The fourth-order valence-electron chi connectivity index (χ4n) is 2.17. The van der Waals surface area contributed by atoms with Crippen LogP contribution in [0.2, 0.25) is 5.02 Å². The maximum Gasteiger partial charge on any atom is 0.262 e. The molecular weight excluding hydrogens is 374 g/mol. The first-order valence-corrected chi connectivity index (χ1v) is 8.01. The van der Waals surface area contributed by atoms with Crippen LogP contribution in [0.15, 0.2) is 41.6 Å². The van der Waals surface area contributed by atoms with E-state index in [1.807, 2.05) is 0 Å². The zero-order valence-corrected chi connectivity index (χ0v) is 15.4. The number of benzene rings is 2. The summed E-state index contributed by atoms with van der Waals surface area (Å²) in [7, 11) is 2.95. The number of anilines is 2. The third kappa shape index (κ3) is 5.08. The second kappa shape index (κ2) is 9.39. The summed E-state index contributed by atoms with van der Waals surface area (Å²) in [6.07, 6.45) is 0.887. The van der Waals surface area contributed by atoms with Gasteiger partial charge in [0.25, 0.3) is 5.91 Å². The van der Waals surface area contributed by atoms with Gasteiger partial charge in [-0.1, -0.05) is 22.9 Å². The van der Waals surface area contributed by atoms with Crippen molar-refractivity contribution < 1.29 is 19.0 Å². The number of rotatable bonds is 9. The average molecular weight is 392 g/mol. The van der Waals surface area contributed by atoms with E-state index in [4.69, 9.17) is 36.8 Å². The first-order chi connectivity index (χ1) is 13.0. The summed E-state index contributed by atoms with van der Waals surface area (Å²) in [6.45, 7) is -0.265. The third-order valence-corrected chi connectivity index (χ3v) is 3.73. The number of amides is 1. The van der Waals surface area contributed by atoms with Crippen molar-refractivity contribution in [2.45, 2.75) is 0 Å². The minimum Gasteiger partial charge on any atom is -0.495 e. The van der Waals surface area contributed by atoms with Crippen molar-refractivity contribution in [1.82, 2.24) is 0 Å². The molecule has 9 nitrogen and oxygen atoms in total. The molecule has 0 aliphatic rings. The Bertz CT molecular complexity index is 838. The van der Waals surface area contributed by atoms with Gasteiger partial charge in [-0.3, -0.25) is 10.2 Å². The van der Waals surface area contributed by atoms with E-state index in [1.54, 1.807) is 30.3 Å². The SMILES string of the molecule is COc1cc(OC)c(NC(=O)COc2cccc(N(C=N)N=N)c2)cc1Cl. The molecule has 0 aliphatic heterocycles. The summed E-state index contributed by atoms with van der Waals surface area (Å²) in [6, 6.07) is 9.61. The summed E-state index contributed by atoms with van der Waals surface area (Å²) >= 11 is 6.08. The van der Waals surface area contributed by atoms with Crippen LogP contribution in [0.25, 0.3) is 0 Å². The zero-order chi connectivity index (χ0) is 19.8. The Hall–Kier alpha value is -3.33. The van der Waals surface area contributed by atoms with E-state index in [0.717, 1.165) is 11.3 Å². The Labute approximate surface area is 160 Å². The van der Waals surface area contributed by atoms with Crippen LogP contribution in [0.1, 0.15) is 0 Å². The molecule has 10 heteroatoms. The van der Waals surface area contributed by atoms with Gasteiger partial charge in [0.05, 0.1) is 30.6 Å². The van der Waals surface area contributed by atoms with Crippen LogP contribution in [0, 0.1) is 10.9 Å². The Balaban J connectivity index is 2.05. The average Bonchev–Trinajstić information content (AvgIpc) is 2.68. The summed E-state index contributed by atoms with van der Waals surface area (Å²) in [5, 5.41) is 14.4. The highest BCUT2D eigenvalue weighted by atomic mass is 35.5. The molecule has 3 N–H and O–H groups in total. The van der Waals surface area contributed by atoms with Crippen LogP contribution in [-0.4, -0.2) is 33.1 Å². The Morgan fingerprint density at radius 2 is 2.00 bits per heavy atom. The van der Waals surface area contributed by atoms with Crippen molar-refractivity contribution in [3.63, 3.8) is 0 Å². The van der Waals surface area contributed by atoms with Gasteiger partial charge in [-0.15, -0.1) is 0 Å². The van der Waals surface area contributed by atoms with E-state index < -0.39 is 5.91 Å². The summed E-state index contributed by atoms with van der Waals surface area (Å²) < 4.78 is 15.8. The highest BCUT2D eigenvalue weighted by molar-refractivity contribution is 6.32. The van der Waals surface area contributed by atoms with E-state index in [0.29, 0.717) is 33.6 Å². The van der Waals surface area contributed by atoms with Crippen LogP contribution in [-0.2, 0) is 4.79 Å². The van der Waals surface area contributed by atoms with Gasteiger partial charge < -0.3 is 19.5 Å². The number of carbonyl (C=O) groups is 1. The van der Waals surface area contributed by atoms with Crippen LogP contribution < -0.4 is 24.5 Å². The number of carbonyl (C=O) groups excluding carboxylic acids is 1. The number of hydrogen-bond donors (Lipinski definition) is 3. The Kier molecular flexibility index (Phi) is 6.95. The number of nitrogens with zero attached hydrogens (tertiary/aromatic N) is 2.